The molecule has 0 saturated heterocycles. The van der Waals surface area contributed by atoms with Gasteiger partial charge in [-0.2, -0.15) is 0 Å². The van der Waals surface area contributed by atoms with Crippen LogP contribution in [-0.2, 0) is 9.59 Å². The van der Waals surface area contributed by atoms with Crippen molar-refractivity contribution in [1.29, 1.82) is 0 Å². The lowest BCUT2D eigenvalue weighted by atomic mass is 9.99. The van der Waals surface area contributed by atoms with Crippen LogP contribution in [0.4, 0.5) is 0 Å². The van der Waals surface area contributed by atoms with Gasteiger partial charge >= 0.3 is 0 Å². The predicted molar refractivity (Wildman–Crippen MR) is 42.1 cm³/mol. The number of ketones is 1. The van der Waals surface area contributed by atoms with Crippen molar-refractivity contribution >= 4 is 12.1 Å². The summed E-state index contributed by atoms with van der Waals surface area (Å²) in [6.45, 7) is 1.82. The Morgan fingerprint density at radius 1 is 1.64 bits per heavy atom. The Kier molecular flexibility index (Phi) is 2.36. The Morgan fingerprint density at radius 3 is 2.91 bits per heavy atom. The molecule has 1 aliphatic carbocycles. The Bertz CT molecular complexity index is 236. The zero-order valence-corrected chi connectivity index (χ0v) is 6.41. The van der Waals surface area contributed by atoms with Crippen LogP contribution in [-0.4, -0.2) is 12.1 Å². The summed E-state index contributed by atoms with van der Waals surface area (Å²) in [6.07, 6.45) is 6.35. The molecule has 0 fully saturated rings. The molecular weight excluding hydrogens is 140 g/mol. The highest BCUT2D eigenvalue weighted by molar-refractivity contribution is 6.07. The maximum atomic E-state index is 11.0. The molecule has 0 N–H and O–H groups in total. The average molecular weight is 150 g/mol. The van der Waals surface area contributed by atoms with Gasteiger partial charge in [0, 0.05) is 17.9 Å². The highest BCUT2D eigenvalue weighted by Gasteiger charge is 2.20. The molecule has 1 rings (SSSR count). The van der Waals surface area contributed by atoms with E-state index in [0.29, 0.717) is 6.42 Å². The minimum atomic E-state index is 0.0324. The third-order valence-corrected chi connectivity index (χ3v) is 1.83. The predicted octanol–water partition coefficient (Wildman–Crippen LogP) is 1.28. The van der Waals surface area contributed by atoms with Crippen molar-refractivity contribution in [2.45, 2.75) is 13.3 Å². The second-order valence-corrected chi connectivity index (χ2v) is 2.48. The van der Waals surface area contributed by atoms with Gasteiger partial charge < -0.3 is 4.79 Å². The summed E-state index contributed by atoms with van der Waals surface area (Å²) in [5.74, 6) is 0.0735. The van der Waals surface area contributed by atoms with Crippen molar-refractivity contribution < 1.29 is 9.59 Å². The minimum Gasteiger partial charge on any atom is -0.303 e. The number of hydrogen-bond acceptors (Lipinski definition) is 2. The molecule has 1 unspecified atom stereocenters. The summed E-state index contributed by atoms with van der Waals surface area (Å²) in [5, 5.41) is 0. The summed E-state index contributed by atoms with van der Waals surface area (Å²) < 4.78 is 0. The van der Waals surface area contributed by atoms with Crippen molar-refractivity contribution in [3.05, 3.63) is 23.8 Å². The molecule has 58 valence electrons. The molecule has 0 amide bonds. The molecule has 0 bridgehead atoms. The van der Waals surface area contributed by atoms with Crippen LogP contribution in [0.1, 0.15) is 13.3 Å². The second-order valence-electron chi connectivity index (χ2n) is 2.48. The largest absolute Gasteiger partial charge is 0.303 e. The molecule has 0 aromatic carbocycles. The monoisotopic (exact) mass is 150 g/mol. The number of carbonyl (C=O) groups is 2. The SMILES string of the molecule is C/C=C1\C(=O)C=CC1CC=O. The highest BCUT2D eigenvalue weighted by Crippen LogP contribution is 2.23. The van der Waals surface area contributed by atoms with E-state index in [1.165, 1.54) is 6.08 Å². The highest BCUT2D eigenvalue weighted by atomic mass is 16.1. The Hall–Kier alpha value is -1.18. The van der Waals surface area contributed by atoms with Gasteiger partial charge in [-0.1, -0.05) is 12.2 Å². The van der Waals surface area contributed by atoms with E-state index in [9.17, 15) is 9.59 Å². The van der Waals surface area contributed by atoms with Crippen LogP contribution < -0.4 is 0 Å². The lowest BCUT2D eigenvalue weighted by Crippen LogP contribution is -2.02. The first-order chi connectivity index (χ1) is 5.29. The van der Waals surface area contributed by atoms with E-state index >= 15 is 0 Å². The summed E-state index contributed by atoms with van der Waals surface area (Å²) >= 11 is 0. The number of rotatable bonds is 2. The van der Waals surface area contributed by atoms with Gasteiger partial charge in [0.15, 0.2) is 5.78 Å². The van der Waals surface area contributed by atoms with E-state index in [4.69, 9.17) is 0 Å². The maximum Gasteiger partial charge on any atom is 0.181 e. The van der Waals surface area contributed by atoms with Gasteiger partial charge in [-0.05, 0) is 13.0 Å². The van der Waals surface area contributed by atoms with Gasteiger partial charge in [0.25, 0.3) is 0 Å². The topological polar surface area (TPSA) is 34.1 Å². The van der Waals surface area contributed by atoms with Crippen molar-refractivity contribution in [2.24, 2.45) is 5.92 Å². The van der Waals surface area contributed by atoms with Gasteiger partial charge in [0.05, 0.1) is 0 Å². The van der Waals surface area contributed by atoms with Crippen LogP contribution in [0.5, 0.6) is 0 Å². The van der Waals surface area contributed by atoms with E-state index in [2.05, 4.69) is 0 Å². The molecule has 0 aromatic heterocycles. The molecular formula is C9H10O2. The van der Waals surface area contributed by atoms with Crippen LogP contribution in [0.2, 0.25) is 0 Å². The molecule has 2 nitrogen and oxygen atoms in total. The van der Waals surface area contributed by atoms with Crippen molar-refractivity contribution in [3.8, 4) is 0 Å². The molecule has 0 aliphatic heterocycles. The quantitative estimate of drug-likeness (QED) is 0.439. The van der Waals surface area contributed by atoms with Gasteiger partial charge in [-0.3, -0.25) is 4.79 Å². The summed E-state index contributed by atoms with van der Waals surface area (Å²) in [4.78, 5) is 21.2. The molecule has 0 saturated carbocycles. The zero-order chi connectivity index (χ0) is 8.27. The normalized spacial score (nSPS) is 26.5. The van der Waals surface area contributed by atoms with Crippen molar-refractivity contribution in [1.82, 2.24) is 0 Å². The summed E-state index contributed by atoms with van der Waals surface area (Å²) in [5.41, 5.74) is 0.747. The van der Waals surface area contributed by atoms with E-state index in [0.717, 1.165) is 11.9 Å². The smallest absolute Gasteiger partial charge is 0.181 e. The van der Waals surface area contributed by atoms with Crippen LogP contribution in [0.25, 0.3) is 0 Å². The fourth-order valence-corrected chi connectivity index (χ4v) is 1.25. The third-order valence-electron chi connectivity index (χ3n) is 1.83. The lowest BCUT2D eigenvalue weighted by molar-refractivity contribution is -0.111. The summed E-state index contributed by atoms with van der Waals surface area (Å²) in [6, 6.07) is 0. The standard InChI is InChI=1S/C9H10O2/c1-2-8-7(5-6-10)3-4-9(8)11/h2-4,6-7H,5H2,1H3/b8-2-. The van der Waals surface area contributed by atoms with Gasteiger partial charge in [0.2, 0.25) is 0 Å². The molecule has 11 heavy (non-hydrogen) atoms. The molecule has 0 radical (unpaired) electrons. The molecule has 0 aromatic rings. The maximum absolute atomic E-state index is 11.0. The summed E-state index contributed by atoms with van der Waals surface area (Å²) in [7, 11) is 0. The van der Waals surface area contributed by atoms with Gasteiger partial charge in [0.1, 0.15) is 6.29 Å². The number of hydrogen-bond donors (Lipinski definition) is 0. The first-order valence-electron chi connectivity index (χ1n) is 3.62. The number of aldehydes is 1. The fraction of sp³-hybridized carbons (Fsp3) is 0.333. The zero-order valence-electron chi connectivity index (χ0n) is 6.41. The van der Waals surface area contributed by atoms with Crippen LogP contribution in [0.15, 0.2) is 23.8 Å². The van der Waals surface area contributed by atoms with Crippen molar-refractivity contribution in [3.63, 3.8) is 0 Å². The van der Waals surface area contributed by atoms with E-state index < -0.39 is 0 Å². The lowest BCUT2D eigenvalue weighted by Gasteiger charge is -2.03. The van der Waals surface area contributed by atoms with Crippen LogP contribution in [0.3, 0.4) is 0 Å². The fourth-order valence-electron chi connectivity index (χ4n) is 1.25. The van der Waals surface area contributed by atoms with E-state index in [1.807, 2.05) is 6.92 Å². The number of carbonyl (C=O) groups excluding carboxylic acids is 2. The first kappa shape index (κ1) is 7.92. The molecule has 0 spiro atoms. The van der Waals surface area contributed by atoms with Crippen molar-refractivity contribution in [2.75, 3.05) is 0 Å². The Labute approximate surface area is 65.6 Å². The van der Waals surface area contributed by atoms with E-state index in [1.54, 1.807) is 12.2 Å². The van der Waals surface area contributed by atoms with Crippen LogP contribution >= 0.6 is 0 Å². The first-order valence-corrected chi connectivity index (χ1v) is 3.62. The Morgan fingerprint density at radius 2 is 2.36 bits per heavy atom. The van der Waals surface area contributed by atoms with Gasteiger partial charge in [-0.15, -0.1) is 0 Å². The van der Waals surface area contributed by atoms with Crippen LogP contribution in [0, 0.1) is 5.92 Å². The van der Waals surface area contributed by atoms with E-state index in [-0.39, 0.29) is 11.7 Å². The molecule has 1 aliphatic rings. The van der Waals surface area contributed by atoms with Gasteiger partial charge in [-0.25, -0.2) is 0 Å². The molecule has 1 atom stereocenters. The average Bonchev–Trinajstić information content (AvgIpc) is 2.33. The third kappa shape index (κ3) is 1.45. The molecule has 0 heterocycles. The minimum absolute atomic E-state index is 0.0324. The number of allylic oxidation sites excluding steroid dienone is 4. The molecule has 2 heteroatoms. The second kappa shape index (κ2) is 3.28. The Balaban J connectivity index is 2.76.